The van der Waals surface area contributed by atoms with Crippen LogP contribution in [-0.2, 0) is 6.54 Å². The molecule has 3 aromatic rings. The summed E-state index contributed by atoms with van der Waals surface area (Å²) in [4.78, 5) is 4.30. The largest absolute Gasteiger partial charge is 0.497 e. The van der Waals surface area contributed by atoms with E-state index in [1.165, 1.54) is 0 Å². The average molecular weight is 253 g/mol. The molecule has 96 valence electrons. The van der Waals surface area contributed by atoms with Crippen molar-refractivity contribution in [1.82, 2.24) is 9.38 Å². The third kappa shape index (κ3) is 1.96. The van der Waals surface area contributed by atoms with Gasteiger partial charge in [-0.2, -0.15) is 0 Å². The Bertz CT molecular complexity index is 718. The van der Waals surface area contributed by atoms with E-state index >= 15 is 0 Å². The second-order valence-electron chi connectivity index (χ2n) is 4.29. The van der Waals surface area contributed by atoms with Crippen LogP contribution in [-0.4, -0.2) is 16.5 Å². The van der Waals surface area contributed by atoms with Gasteiger partial charge in [-0.05, 0) is 35.9 Å². The van der Waals surface area contributed by atoms with Gasteiger partial charge in [-0.25, -0.2) is 4.98 Å². The monoisotopic (exact) mass is 253 g/mol. The molecule has 2 N–H and O–H groups in total. The van der Waals surface area contributed by atoms with Crippen molar-refractivity contribution < 1.29 is 4.74 Å². The summed E-state index contributed by atoms with van der Waals surface area (Å²) in [7, 11) is 1.66. The molecule has 0 saturated carbocycles. The van der Waals surface area contributed by atoms with Crippen LogP contribution in [0.15, 0.2) is 48.8 Å². The maximum absolute atomic E-state index is 5.85. The predicted molar refractivity (Wildman–Crippen MR) is 75.1 cm³/mol. The van der Waals surface area contributed by atoms with Gasteiger partial charge in [-0.15, -0.1) is 0 Å². The van der Waals surface area contributed by atoms with Gasteiger partial charge in [-0.3, -0.25) is 4.40 Å². The molecule has 0 saturated heterocycles. The Hall–Kier alpha value is -2.33. The van der Waals surface area contributed by atoms with E-state index in [0.29, 0.717) is 6.54 Å². The molecule has 0 radical (unpaired) electrons. The number of benzene rings is 1. The van der Waals surface area contributed by atoms with E-state index in [1.807, 2.05) is 36.5 Å². The predicted octanol–water partition coefficient (Wildman–Crippen LogP) is 2.47. The van der Waals surface area contributed by atoms with Gasteiger partial charge in [0.25, 0.3) is 0 Å². The fourth-order valence-corrected chi connectivity index (χ4v) is 2.28. The summed E-state index contributed by atoms with van der Waals surface area (Å²) in [5, 5.41) is 0. The van der Waals surface area contributed by atoms with Crippen LogP contribution in [0.4, 0.5) is 0 Å². The summed E-state index contributed by atoms with van der Waals surface area (Å²) in [6, 6.07) is 12.0. The molecule has 19 heavy (non-hydrogen) atoms. The highest BCUT2D eigenvalue weighted by Gasteiger charge is 2.09. The number of pyridine rings is 1. The molecule has 0 unspecified atom stereocenters. The number of hydrogen-bond donors (Lipinski definition) is 1. The number of methoxy groups -OCH3 is 1. The van der Waals surface area contributed by atoms with Crippen LogP contribution < -0.4 is 10.5 Å². The Morgan fingerprint density at radius 1 is 1.26 bits per heavy atom. The molecule has 1 aromatic carbocycles. The van der Waals surface area contributed by atoms with Crippen LogP contribution in [0.2, 0.25) is 0 Å². The third-order valence-corrected chi connectivity index (χ3v) is 3.24. The lowest BCUT2D eigenvalue weighted by molar-refractivity contribution is 0.414. The van der Waals surface area contributed by atoms with Crippen LogP contribution in [0.3, 0.4) is 0 Å². The van der Waals surface area contributed by atoms with Crippen molar-refractivity contribution in [3.8, 4) is 17.0 Å². The molecule has 0 aliphatic carbocycles. The molecule has 2 aromatic heterocycles. The van der Waals surface area contributed by atoms with E-state index in [2.05, 4.69) is 15.5 Å². The molecular formula is C15H15N3O. The molecule has 3 rings (SSSR count). The summed E-state index contributed by atoms with van der Waals surface area (Å²) in [6.45, 7) is 0.470. The standard InChI is InChI=1S/C15H15N3O/c1-19-12-5-6-13(11(9-12)10-16)14-3-2-4-15-17-7-8-18(14)15/h2-9H,10,16H2,1H3. The third-order valence-electron chi connectivity index (χ3n) is 3.24. The first-order valence-corrected chi connectivity index (χ1v) is 6.13. The first-order valence-electron chi connectivity index (χ1n) is 6.13. The molecule has 0 bridgehead atoms. The molecule has 0 aliphatic heterocycles. The maximum Gasteiger partial charge on any atom is 0.137 e. The van der Waals surface area contributed by atoms with Crippen molar-refractivity contribution >= 4 is 5.65 Å². The number of imidazole rings is 1. The van der Waals surface area contributed by atoms with E-state index in [4.69, 9.17) is 10.5 Å². The molecule has 0 aliphatic rings. The quantitative estimate of drug-likeness (QED) is 0.780. The Morgan fingerprint density at radius 2 is 2.16 bits per heavy atom. The van der Waals surface area contributed by atoms with Crippen LogP contribution >= 0.6 is 0 Å². The number of aromatic nitrogens is 2. The van der Waals surface area contributed by atoms with Gasteiger partial charge in [0.1, 0.15) is 11.4 Å². The number of rotatable bonds is 3. The molecule has 4 nitrogen and oxygen atoms in total. The molecular weight excluding hydrogens is 238 g/mol. The molecule has 0 amide bonds. The van der Waals surface area contributed by atoms with Crippen molar-refractivity contribution in [2.24, 2.45) is 5.73 Å². The van der Waals surface area contributed by atoms with Crippen LogP contribution in [0, 0.1) is 0 Å². The van der Waals surface area contributed by atoms with Crippen LogP contribution in [0.5, 0.6) is 5.75 Å². The number of ether oxygens (including phenoxy) is 1. The first-order chi connectivity index (χ1) is 9.33. The Kier molecular flexibility index (Phi) is 2.93. The van der Waals surface area contributed by atoms with Crippen molar-refractivity contribution in [2.45, 2.75) is 6.54 Å². The molecule has 0 spiro atoms. The van der Waals surface area contributed by atoms with Crippen LogP contribution in [0.25, 0.3) is 16.9 Å². The van der Waals surface area contributed by atoms with Gasteiger partial charge in [0.05, 0.1) is 12.8 Å². The van der Waals surface area contributed by atoms with Gasteiger partial charge in [-0.1, -0.05) is 6.07 Å². The Labute approximate surface area is 111 Å². The summed E-state index contributed by atoms with van der Waals surface area (Å²) in [5.41, 5.74) is 10.0. The van der Waals surface area contributed by atoms with Gasteiger partial charge in [0.2, 0.25) is 0 Å². The summed E-state index contributed by atoms with van der Waals surface area (Å²) < 4.78 is 7.30. The lowest BCUT2D eigenvalue weighted by atomic mass is 10.0. The zero-order valence-electron chi connectivity index (χ0n) is 10.7. The highest BCUT2D eigenvalue weighted by Crippen LogP contribution is 2.27. The fraction of sp³-hybridized carbons (Fsp3) is 0.133. The summed E-state index contributed by atoms with van der Waals surface area (Å²) in [5.74, 6) is 0.821. The van der Waals surface area contributed by atoms with E-state index in [-0.39, 0.29) is 0 Å². The van der Waals surface area contributed by atoms with Crippen molar-refractivity contribution in [3.05, 3.63) is 54.4 Å². The SMILES string of the molecule is COc1ccc(-c2cccc3nccn23)c(CN)c1. The first kappa shape index (κ1) is 11.7. The summed E-state index contributed by atoms with van der Waals surface area (Å²) in [6.07, 6.45) is 3.75. The topological polar surface area (TPSA) is 52.5 Å². The number of fused-ring (bicyclic) bond motifs is 1. The lowest BCUT2D eigenvalue weighted by Gasteiger charge is -2.12. The highest BCUT2D eigenvalue weighted by molar-refractivity contribution is 5.68. The minimum absolute atomic E-state index is 0.470. The Morgan fingerprint density at radius 3 is 2.95 bits per heavy atom. The van der Waals surface area contributed by atoms with E-state index < -0.39 is 0 Å². The zero-order valence-corrected chi connectivity index (χ0v) is 10.7. The average Bonchev–Trinajstić information content (AvgIpc) is 2.95. The van der Waals surface area contributed by atoms with Crippen molar-refractivity contribution in [3.63, 3.8) is 0 Å². The van der Waals surface area contributed by atoms with Gasteiger partial charge in [0, 0.05) is 24.5 Å². The zero-order chi connectivity index (χ0) is 13.2. The molecule has 0 atom stereocenters. The van der Waals surface area contributed by atoms with Gasteiger partial charge >= 0.3 is 0 Å². The second kappa shape index (κ2) is 4.74. The number of nitrogens with zero attached hydrogens (tertiary/aromatic N) is 2. The normalized spacial score (nSPS) is 10.8. The van der Waals surface area contributed by atoms with E-state index in [9.17, 15) is 0 Å². The number of nitrogens with two attached hydrogens (primary N) is 1. The maximum atomic E-state index is 5.85. The fourth-order valence-electron chi connectivity index (χ4n) is 2.28. The van der Waals surface area contributed by atoms with Crippen molar-refractivity contribution in [2.75, 3.05) is 7.11 Å². The minimum atomic E-state index is 0.470. The smallest absolute Gasteiger partial charge is 0.137 e. The molecule has 4 heteroatoms. The highest BCUT2D eigenvalue weighted by atomic mass is 16.5. The molecule has 2 heterocycles. The van der Waals surface area contributed by atoms with E-state index in [0.717, 1.165) is 28.2 Å². The Balaban J connectivity index is 2.23. The van der Waals surface area contributed by atoms with E-state index in [1.54, 1.807) is 13.3 Å². The second-order valence-corrected chi connectivity index (χ2v) is 4.29. The van der Waals surface area contributed by atoms with Gasteiger partial charge in [0.15, 0.2) is 0 Å². The molecule has 0 fully saturated rings. The van der Waals surface area contributed by atoms with Crippen LogP contribution in [0.1, 0.15) is 5.56 Å². The lowest BCUT2D eigenvalue weighted by Crippen LogP contribution is -2.01. The van der Waals surface area contributed by atoms with Gasteiger partial charge < -0.3 is 10.5 Å². The van der Waals surface area contributed by atoms with Crippen molar-refractivity contribution in [1.29, 1.82) is 0 Å². The summed E-state index contributed by atoms with van der Waals surface area (Å²) >= 11 is 0. The minimum Gasteiger partial charge on any atom is -0.497 e. The number of hydrogen-bond acceptors (Lipinski definition) is 3.